The Labute approximate surface area is 129 Å². The van der Waals surface area contributed by atoms with Gasteiger partial charge in [0, 0.05) is 11.8 Å². The van der Waals surface area contributed by atoms with Crippen LogP contribution in [0.1, 0.15) is 11.1 Å². The number of ether oxygens (including phenoxy) is 2. The van der Waals surface area contributed by atoms with Crippen molar-refractivity contribution in [2.24, 2.45) is 0 Å². The molecule has 0 heterocycles. The Bertz CT molecular complexity index is 795. The lowest BCUT2D eigenvalue weighted by molar-refractivity contribution is 0.407. The zero-order valence-electron chi connectivity index (χ0n) is 12.7. The van der Waals surface area contributed by atoms with E-state index < -0.39 is 0 Å². The van der Waals surface area contributed by atoms with E-state index in [1.165, 1.54) is 0 Å². The van der Waals surface area contributed by atoms with Crippen LogP contribution >= 0.6 is 0 Å². The number of hydrogen-bond acceptors (Lipinski definition) is 3. The summed E-state index contributed by atoms with van der Waals surface area (Å²) >= 11 is 0. The quantitative estimate of drug-likeness (QED) is 0.785. The number of methoxy groups -OCH3 is 2. The summed E-state index contributed by atoms with van der Waals surface area (Å²) in [5.41, 5.74) is 2.02. The summed E-state index contributed by atoms with van der Waals surface area (Å²) < 4.78 is 10.8. The van der Waals surface area contributed by atoms with Crippen LogP contribution in [0.15, 0.2) is 54.6 Å². The molecule has 0 aliphatic heterocycles. The summed E-state index contributed by atoms with van der Waals surface area (Å²) in [6.45, 7) is 0. The van der Waals surface area contributed by atoms with Crippen molar-refractivity contribution < 1.29 is 14.6 Å². The first kappa shape index (κ1) is 14.3. The van der Waals surface area contributed by atoms with Gasteiger partial charge in [-0.05, 0) is 29.3 Å². The second-order valence-corrected chi connectivity index (χ2v) is 5.13. The van der Waals surface area contributed by atoms with Crippen molar-refractivity contribution in [1.29, 1.82) is 0 Å². The Balaban J connectivity index is 2.16. The fourth-order valence-electron chi connectivity index (χ4n) is 2.72. The highest BCUT2D eigenvalue weighted by Gasteiger charge is 2.14. The van der Waals surface area contributed by atoms with Gasteiger partial charge in [0.05, 0.1) is 19.6 Å². The van der Waals surface area contributed by atoms with Crippen molar-refractivity contribution in [1.82, 2.24) is 0 Å². The predicted molar refractivity (Wildman–Crippen MR) is 88.0 cm³/mol. The monoisotopic (exact) mass is 294 g/mol. The Kier molecular flexibility index (Phi) is 3.88. The molecule has 0 bridgehead atoms. The molecule has 0 saturated heterocycles. The molecule has 3 nitrogen and oxygen atoms in total. The average Bonchev–Trinajstić information content (AvgIpc) is 2.57. The first-order valence-corrected chi connectivity index (χ1v) is 7.14. The molecule has 0 unspecified atom stereocenters. The molecule has 0 spiro atoms. The van der Waals surface area contributed by atoms with Crippen LogP contribution in [-0.2, 0) is 6.42 Å². The van der Waals surface area contributed by atoms with E-state index in [1.54, 1.807) is 14.2 Å². The lowest BCUT2D eigenvalue weighted by Crippen LogP contribution is -1.94. The topological polar surface area (TPSA) is 38.7 Å². The van der Waals surface area contributed by atoms with E-state index in [9.17, 15) is 5.11 Å². The van der Waals surface area contributed by atoms with Crippen molar-refractivity contribution in [2.75, 3.05) is 14.2 Å². The summed E-state index contributed by atoms with van der Waals surface area (Å²) in [4.78, 5) is 0. The van der Waals surface area contributed by atoms with Gasteiger partial charge in [-0.25, -0.2) is 0 Å². The summed E-state index contributed by atoms with van der Waals surface area (Å²) in [7, 11) is 3.22. The van der Waals surface area contributed by atoms with Crippen LogP contribution in [0.4, 0.5) is 0 Å². The van der Waals surface area contributed by atoms with Gasteiger partial charge in [0.25, 0.3) is 0 Å². The molecule has 112 valence electrons. The zero-order valence-corrected chi connectivity index (χ0v) is 12.7. The Hall–Kier alpha value is -2.68. The summed E-state index contributed by atoms with van der Waals surface area (Å²) in [6, 6.07) is 17.6. The molecule has 0 aliphatic rings. The number of phenols is 1. The number of fused-ring (bicyclic) bond motifs is 1. The van der Waals surface area contributed by atoms with Gasteiger partial charge in [0.15, 0.2) is 0 Å². The summed E-state index contributed by atoms with van der Waals surface area (Å²) in [5.74, 6) is 1.61. The van der Waals surface area contributed by atoms with Gasteiger partial charge >= 0.3 is 0 Å². The van der Waals surface area contributed by atoms with E-state index in [4.69, 9.17) is 9.47 Å². The van der Waals surface area contributed by atoms with E-state index in [-0.39, 0.29) is 5.75 Å². The molecule has 3 heteroatoms. The van der Waals surface area contributed by atoms with Crippen molar-refractivity contribution in [3.8, 4) is 17.2 Å². The average molecular weight is 294 g/mol. The van der Waals surface area contributed by atoms with Gasteiger partial charge in [0.2, 0.25) is 0 Å². The minimum Gasteiger partial charge on any atom is -0.507 e. The van der Waals surface area contributed by atoms with Crippen LogP contribution in [0.2, 0.25) is 0 Å². The van der Waals surface area contributed by atoms with Crippen LogP contribution < -0.4 is 9.47 Å². The molecule has 22 heavy (non-hydrogen) atoms. The minimum atomic E-state index is 0.247. The van der Waals surface area contributed by atoms with Gasteiger partial charge in [-0.2, -0.15) is 0 Å². The lowest BCUT2D eigenvalue weighted by Gasteiger charge is -2.14. The highest BCUT2D eigenvalue weighted by Crippen LogP contribution is 2.41. The standard InChI is InChI=1S/C19H18O3/c1-21-16-10-11-17(22-2)18-15(16)9-8-14(19(18)20)12-13-6-4-3-5-7-13/h3-11,20H,12H2,1-2H3. The molecule has 0 saturated carbocycles. The molecule has 3 rings (SSSR count). The maximum atomic E-state index is 10.7. The first-order chi connectivity index (χ1) is 10.7. The van der Waals surface area contributed by atoms with Gasteiger partial charge < -0.3 is 14.6 Å². The van der Waals surface area contributed by atoms with E-state index >= 15 is 0 Å². The Morgan fingerprint density at radius 2 is 1.50 bits per heavy atom. The molecular weight excluding hydrogens is 276 g/mol. The Morgan fingerprint density at radius 1 is 0.818 bits per heavy atom. The molecule has 0 fully saturated rings. The highest BCUT2D eigenvalue weighted by molar-refractivity contribution is 5.98. The Morgan fingerprint density at radius 3 is 2.18 bits per heavy atom. The molecule has 0 radical (unpaired) electrons. The highest BCUT2D eigenvalue weighted by atomic mass is 16.5. The van der Waals surface area contributed by atoms with Crippen molar-refractivity contribution in [3.05, 3.63) is 65.7 Å². The third-order valence-electron chi connectivity index (χ3n) is 3.84. The van der Waals surface area contributed by atoms with Gasteiger partial charge in [-0.1, -0.05) is 36.4 Å². The summed E-state index contributed by atoms with van der Waals surface area (Å²) in [5, 5.41) is 12.2. The third-order valence-corrected chi connectivity index (χ3v) is 3.84. The SMILES string of the molecule is COc1ccc(OC)c2c(O)c(Cc3ccccc3)ccc12. The van der Waals surface area contributed by atoms with Crippen LogP contribution in [0.25, 0.3) is 10.8 Å². The molecule has 3 aromatic carbocycles. The first-order valence-electron chi connectivity index (χ1n) is 7.14. The molecule has 3 aromatic rings. The fraction of sp³-hybridized carbons (Fsp3) is 0.158. The van der Waals surface area contributed by atoms with Gasteiger partial charge in [0.1, 0.15) is 17.2 Å². The van der Waals surface area contributed by atoms with Crippen LogP contribution in [-0.4, -0.2) is 19.3 Å². The number of benzene rings is 3. The van der Waals surface area contributed by atoms with E-state index in [0.29, 0.717) is 17.6 Å². The normalized spacial score (nSPS) is 10.6. The second-order valence-electron chi connectivity index (χ2n) is 5.13. The molecule has 0 atom stereocenters. The van der Waals surface area contributed by atoms with Crippen molar-refractivity contribution in [2.45, 2.75) is 6.42 Å². The second kappa shape index (κ2) is 5.98. The molecule has 0 aliphatic carbocycles. The summed E-state index contributed by atoms with van der Waals surface area (Å²) in [6.07, 6.45) is 0.670. The zero-order chi connectivity index (χ0) is 15.5. The fourth-order valence-corrected chi connectivity index (χ4v) is 2.72. The van der Waals surface area contributed by atoms with E-state index in [0.717, 1.165) is 22.3 Å². The number of aromatic hydroxyl groups is 1. The number of rotatable bonds is 4. The minimum absolute atomic E-state index is 0.247. The van der Waals surface area contributed by atoms with Crippen LogP contribution in [0.5, 0.6) is 17.2 Å². The van der Waals surface area contributed by atoms with Crippen LogP contribution in [0, 0.1) is 0 Å². The van der Waals surface area contributed by atoms with Crippen LogP contribution in [0.3, 0.4) is 0 Å². The predicted octanol–water partition coefficient (Wildman–Crippen LogP) is 4.15. The molecule has 1 N–H and O–H groups in total. The van der Waals surface area contributed by atoms with E-state index in [1.807, 2.05) is 54.6 Å². The lowest BCUT2D eigenvalue weighted by atomic mass is 9.98. The maximum Gasteiger partial charge on any atom is 0.130 e. The van der Waals surface area contributed by atoms with Gasteiger partial charge in [-0.15, -0.1) is 0 Å². The third kappa shape index (κ3) is 2.46. The maximum absolute atomic E-state index is 10.7. The number of phenolic OH excluding ortho intramolecular Hbond substituents is 1. The molecular formula is C19H18O3. The van der Waals surface area contributed by atoms with Crippen molar-refractivity contribution in [3.63, 3.8) is 0 Å². The number of hydrogen-bond donors (Lipinski definition) is 1. The smallest absolute Gasteiger partial charge is 0.130 e. The largest absolute Gasteiger partial charge is 0.507 e. The van der Waals surface area contributed by atoms with Gasteiger partial charge in [-0.3, -0.25) is 0 Å². The van der Waals surface area contributed by atoms with E-state index in [2.05, 4.69) is 0 Å². The van der Waals surface area contributed by atoms with Crippen molar-refractivity contribution >= 4 is 10.8 Å². The molecule has 0 aromatic heterocycles. The molecule has 0 amide bonds.